The first kappa shape index (κ1) is 13.2. The van der Waals surface area contributed by atoms with E-state index >= 15 is 0 Å². The number of benzene rings is 1. The number of nitrogens with zero attached hydrogens (tertiary/aromatic N) is 1. The molecular weight excluding hydrogens is 271 g/mol. The largest absolute Gasteiger partial charge is 0.467 e. The van der Waals surface area contributed by atoms with Gasteiger partial charge in [-0.1, -0.05) is 12.1 Å². The van der Waals surface area contributed by atoms with Gasteiger partial charge >= 0.3 is 0 Å². The fraction of sp³-hybridized carbons (Fsp3) is 0.0625. The van der Waals surface area contributed by atoms with Crippen LogP contribution in [-0.2, 0) is 6.54 Å². The third-order valence-electron chi connectivity index (χ3n) is 2.83. The molecular formula is C16H13FN2O2. The maximum atomic E-state index is 13.5. The predicted molar refractivity (Wildman–Crippen MR) is 76.7 cm³/mol. The number of nitrogens with one attached hydrogen (secondary N) is 1. The molecule has 106 valence electrons. The van der Waals surface area contributed by atoms with Gasteiger partial charge in [0.2, 0.25) is 5.88 Å². The first-order chi connectivity index (χ1) is 10.3. The first-order valence-electron chi connectivity index (χ1n) is 6.46. The van der Waals surface area contributed by atoms with E-state index in [0.717, 1.165) is 11.4 Å². The molecule has 0 saturated heterocycles. The van der Waals surface area contributed by atoms with Crippen molar-refractivity contribution in [3.63, 3.8) is 0 Å². The second-order valence-electron chi connectivity index (χ2n) is 4.35. The van der Waals surface area contributed by atoms with Crippen LogP contribution in [0.5, 0.6) is 11.6 Å². The summed E-state index contributed by atoms with van der Waals surface area (Å²) in [5, 5.41) is 3.16. The molecule has 1 N–H and O–H groups in total. The van der Waals surface area contributed by atoms with Crippen LogP contribution >= 0.6 is 0 Å². The van der Waals surface area contributed by atoms with Crippen LogP contribution in [0, 0.1) is 5.82 Å². The molecule has 0 aliphatic rings. The lowest BCUT2D eigenvalue weighted by atomic mass is 10.3. The molecule has 0 unspecified atom stereocenters. The van der Waals surface area contributed by atoms with Crippen LogP contribution in [0.3, 0.4) is 0 Å². The summed E-state index contributed by atoms with van der Waals surface area (Å²) in [7, 11) is 0. The highest BCUT2D eigenvalue weighted by Gasteiger charge is 2.04. The number of hydrogen-bond acceptors (Lipinski definition) is 4. The van der Waals surface area contributed by atoms with Crippen LogP contribution < -0.4 is 10.1 Å². The number of ether oxygens (including phenoxy) is 1. The number of halogens is 1. The molecule has 0 bridgehead atoms. The number of hydrogen-bond donors (Lipinski definition) is 1. The molecule has 4 nitrogen and oxygen atoms in total. The number of para-hydroxylation sites is 1. The van der Waals surface area contributed by atoms with E-state index in [1.165, 1.54) is 6.07 Å². The topological polar surface area (TPSA) is 47.3 Å². The lowest BCUT2D eigenvalue weighted by Gasteiger charge is -2.07. The quantitative estimate of drug-likeness (QED) is 0.762. The van der Waals surface area contributed by atoms with E-state index in [1.807, 2.05) is 18.2 Å². The summed E-state index contributed by atoms with van der Waals surface area (Å²) in [6.45, 7) is 0.572. The lowest BCUT2D eigenvalue weighted by Crippen LogP contribution is -1.99. The Hall–Kier alpha value is -2.82. The third-order valence-corrected chi connectivity index (χ3v) is 2.83. The fourth-order valence-electron chi connectivity index (χ4n) is 1.79. The Morgan fingerprint density at radius 3 is 2.71 bits per heavy atom. The molecule has 0 radical (unpaired) electrons. The Morgan fingerprint density at radius 1 is 1.10 bits per heavy atom. The molecule has 0 spiro atoms. The summed E-state index contributed by atoms with van der Waals surface area (Å²) in [6, 6.07) is 13.4. The van der Waals surface area contributed by atoms with E-state index in [-0.39, 0.29) is 5.75 Å². The van der Waals surface area contributed by atoms with Gasteiger partial charge in [-0.25, -0.2) is 9.37 Å². The maximum Gasteiger partial charge on any atom is 0.219 e. The average Bonchev–Trinajstić information content (AvgIpc) is 3.02. The third kappa shape index (κ3) is 3.39. The van der Waals surface area contributed by atoms with Crippen LogP contribution in [0.15, 0.2) is 65.4 Å². The van der Waals surface area contributed by atoms with Crippen LogP contribution in [0.1, 0.15) is 5.76 Å². The van der Waals surface area contributed by atoms with Crippen molar-refractivity contribution in [3.05, 3.63) is 72.6 Å². The highest BCUT2D eigenvalue weighted by atomic mass is 19.1. The summed E-state index contributed by atoms with van der Waals surface area (Å²) in [6.07, 6.45) is 3.25. The van der Waals surface area contributed by atoms with Crippen molar-refractivity contribution < 1.29 is 13.5 Å². The van der Waals surface area contributed by atoms with Crippen molar-refractivity contribution in [3.8, 4) is 11.6 Å². The van der Waals surface area contributed by atoms with Crippen LogP contribution in [0.4, 0.5) is 10.1 Å². The molecule has 0 aliphatic carbocycles. The van der Waals surface area contributed by atoms with Gasteiger partial charge in [-0.3, -0.25) is 0 Å². The van der Waals surface area contributed by atoms with E-state index in [1.54, 1.807) is 36.7 Å². The zero-order valence-electron chi connectivity index (χ0n) is 11.1. The highest BCUT2D eigenvalue weighted by Crippen LogP contribution is 2.23. The fourth-order valence-corrected chi connectivity index (χ4v) is 1.79. The van der Waals surface area contributed by atoms with Gasteiger partial charge in [-0.15, -0.1) is 0 Å². The van der Waals surface area contributed by atoms with Crippen molar-refractivity contribution in [1.29, 1.82) is 0 Å². The smallest absolute Gasteiger partial charge is 0.219 e. The summed E-state index contributed by atoms with van der Waals surface area (Å²) in [5.74, 6) is 0.908. The number of rotatable bonds is 5. The van der Waals surface area contributed by atoms with Crippen LogP contribution in [0.25, 0.3) is 0 Å². The Balaban J connectivity index is 1.63. The molecule has 2 heterocycles. The number of furan rings is 1. The van der Waals surface area contributed by atoms with Crippen molar-refractivity contribution in [1.82, 2.24) is 4.98 Å². The Morgan fingerprint density at radius 2 is 2.00 bits per heavy atom. The second kappa shape index (κ2) is 6.09. The Bertz CT molecular complexity index is 697. The predicted octanol–water partition coefficient (Wildman–Crippen LogP) is 4.22. The zero-order chi connectivity index (χ0) is 14.5. The van der Waals surface area contributed by atoms with Crippen LogP contribution in [0.2, 0.25) is 0 Å². The van der Waals surface area contributed by atoms with Crippen molar-refractivity contribution in [2.24, 2.45) is 0 Å². The molecule has 0 fully saturated rings. The van der Waals surface area contributed by atoms with Crippen molar-refractivity contribution in [2.75, 3.05) is 5.32 Å². The second-order valence-corrected chi connectivity index (χ2v) is 4.35. The van der Waals surface area contributed by atoms with Gasteiger partial charge in [-0.05, 0) is 30.3 Å². The number of aromatic nitrogens is 1. The minimum absolute atomic E-state index is 0.154. The molecule has 1 aromatic carbocycles. The van der Waals surface area contributed by atoms with Crippen molar-refractivity contribution in [2.45, 2.75) is 6.54 Å². The minimum atomic E-state index is -0.417. The monoisotopic (exact) mass is 284 g/mol. The highest BCUT2D eigenvalue weighted by molar-refractivity contribution is 5.43. The Kier molecular flexibility index (Phi) is 3.82. The Labute approximate surface area is 121 Å². The van der Waals surface area contributed by atoms with Gasteiger partial charge in [0.25, 0.3) is 0 Å². The molecule has 21 heavy (non-hydrogen) atoms. The van der Waals surface area contributed by atoms with Gasteiger partial charge < -0.3 is 14.5 Å². The minimum Gasteiger partial charge on any atom is -0.467 e. The van der Waals surface area contributed by atoms with E-state index in [0.29, 0.717) is 12.4 Å². The standard InChI is InChI=1S/C16H13FN2O2/c17-14-5-1-2-6-15(14)21-16-8-7-12(10-19-16)18-11-13-4-3-9-20-13/h1-10,18H,11H2. The van der Waals surface area contributed by atoms with E-state index < -0.39 is 5.82 Å². The van der Waals surface area contributed by atoms with Gasteiger partial charge in [-0.2, -0.15) is 0 Å². The summed E-state index contributed by atoms with van der Waals surface area (Å²) < 4.78 is 24.1. The summed E-state index contributed by atoms with van der Waals surface area (Å²) in [4.78, 5) is 4.13. The molecule has 0 amide bonds. The van der Waals surface area contributed by atoms with E-state index in [2.05, 4.69) is 10.3 Å². The first-order valence-corrected chi connectivity index (χ1v) is 6.46. The molecule has 2 aromatic heterocycles. The molecule has 5 heteroatoms. The molecule has 0 atom stereocenters. The molecule has 0 saturated carbocycles. The summed E-state index contributed by atoms with van der Waals surface area (Å²) in [5.41, 5.74) is 0.826. The van der Waals surface area contributed by atoms with Gasteiger partial charge in [0.1, 0.15) is 5.76 Å². The molecule has 3 aromatic rings. The summed E-state index contributed by atoms with van der Waals surface area (Å²) >= 11 is 0. The van der Waals surface area contributed by atoms with Gasteiger partial charge in [0.05, 0.1) is 24.7 Å². The maximum absolute atomic E-state index is 13.5. The van der Waals surface area contributed by atoms with Gasteiger partial charge in [0, 0.05) is 6.07 Å². The van der Waals surface area contributed by atoms with E-state index in [4.69, 9.17) is 9.15 Å². The average molecular weight is 284 g/mol. The van der Waals surface area contributed by atoms with Gasteiger partial charge in [0.15, 0.2) is 11.6 Å². The molecule has 3 rings (SSSR count). The lowest BCUT2D eigenvalue weighted by molar-refractivity contribution is 0.427. The number of anilines is 1. The molecule has 0 aliphatic heterocycles. The normalized spacial score (nSPS) is 10.3. The van der Waals surface area contributed by atoms with Crippen molar-refractivity contribution >= 4 is 5.69 Å². The van der Waals surface area contributed by atoms with E-state index in [9.17, 15) is 4.39 Å². The van der Waals surface area contributed by atoms with Crippen LogP contribution in [-0.4, -0.2) is 4.98 Å². The SMILES string of the molecule is Fc1ccccc1Oc1ccc(NCc2ccco2)cn1. The number of pyridine rings is 1. The zero-order valence-corrected chi connectivity index (χ0v) is 11.1.